The maximum absolute atomic E-state index is 10.5. The van der Waals surface area contributed by atoms with E-state index in [9.17, 15) is 33.6 Å². The molecule has 0 atom stereocenters. The smallest absolute Gasteiger partial charge is 0.462 e. The van der Waals surface area contributed by atoms with Gasteiger partial charge in [-0.1, -0.05) is 107 Å². The monoisotopic (exact) mass is 974 g/mol. The minimum atomic E-state index is -0.801. The SMILES string of the molecule is C=CC(=O)OCCCOC(=O)OC.C=CC(=O)OCCOC(=O)OC.CCCCCCOC(=O)OC.CCCCCOC(=O)OC.CCCCOC(=O)OC.Cc1ccc(-c2noc(C)n2)cc1. The number of rotatable bonds is 22. The Balaban J connectivity index is -0.000000363. The topological polar surface area (TPSA) is 269 Å². The van der Waals surface area contributed by atoms with Crippen LogP contribution in [-0.2, 0) is 66.4 Å². The van der Waals surface area contributed by atoms with Gasteiger partial charge < -0.3 is 61.4 Å². The molecule has 0 saturated heterocycles. The van der Waals surface area contributed by atoms with Gasteiger partial charge in [0.05, 0.1) is 68.6 Å². The van der Waals surface area contributed by atoms with Crippen LogP contribution in [-0.4, -0.2) is 135 Å². The average molecular weight is 975 g/mol. The van der Waals surface area contributed by atoms with Crippen LogP contribution in [0.1, 0.15) is 96.4 Å². The number of carbonyl (C=O) groups is 7. The molecule has 1 aromatic carbocycles. The Morgan fingerprint density at radius 3 is 1.19 bits per heavy atom. The van der Waals surface area contributed by atoms with Crippen molar-refractivity contribution in [2.24, 2.45) is 0 Å². The Hall–Kier alpha value is -6.87. The summed E-state index contributed by atoms with van der Waals surface area (Å²) in [5.41, 5.74) is 2.21. The highest BCUT2D eigenvalue weighted by Gasteiger charge is 2.05. The largest absolute Gasteiger partial charge is 0.508 e. The van der Waals surface area contributed by atoms with Gasteiger partial charge in [0.1, 0.15) is 13.2 Å². The van der Waals surface area contributed by atoms with Crippen molar-refractivity contribution in [3.63, 3.8) is 0 Å². The molecule has 22 heteroatoms. The molecule has 0 aliphatic heterocycles. The molecule has 0 saturated carbocycles. The Morgan fingerprint density at radius 1 is 0.471 bits per heavy atom. The predicted molar refractivity (Wildman–Crippen MR) is 246 cm³/mol. The summed E-state index contributed by atoms with van der Waals surface area (Å²) in [6.07, 6.45) is 8.74. The maximum Gasteiger partial charge on any atom is 0.508 e. The standard InChI is InChI=1S/C10H10N2O.C8H12O5.C8H16O3.C7H10O5.C7H14O3.C6H12O3/c1-7-3-5-9(6-4-7)10-11-8(2)13-12-10;1-3-7(9)12-5-4-6-13-8(10)11-2;1-3-4-5-6-7-11-8(9)10-2;1-3-6(8)11-4-5-12-7(9)10-2;1-3-4-5-6-10-7(8)9-2;1-3-4-5-9-6(7)8-2/h3-6H,1-2H3;3H,1,4-6H2,2H3;3-7H2,1-2H3;3H,1,4-5H2,2H3;3-6H2,1-2H3;3-5H2,1-2H3. The number of unbranched alkanes of at least 4 members (excludes halogenated alkanes) is 6. The van der Waals surface area contributed by atoms with Crippen LogP contribution in [0.3, 0.4) is 0 Å². The lowest BCUT2D eigenvalue weighted by Gasteiger charge is -2.02. The summed E-state index contributed by atoms with van der Waals surface area (Å²) in [5.74, 6) is 0.203. The first kappa shape index (κ1) is 67.7. The maximum atomic E-state index is 10.5. The first-order valence-corrected chi connectivity index (χ1v) is 21.6. The number of aryl methyl sites for hydroxylation is 2. The molecule has 0 spiro atoms. The van der Waals surface area contributed by atoms with Gasteiger partial charge in [-0.05, 0) is 26.2 Å². The molecule has 0 aliphatic rings. The number of nitrogens with zero attached hydrogens (tertiary/aromatic N) is 2. The number of hydrogen-bond acceptors (Lipinski definition) is 22. The molecule has 68 heavy (non-hydrogen) atoms. The van der Waals surface area contributed by atoms with Crippen LogP contribution < -0.4 is 0 Å². The zero-order valence-electron chi connectivity index (χ0n) is 41.5. The van der Waals surface area contributed by atoms with Crippen molar-refractivity contribution in [3.05, 3.63) is 61.0 Å². The van der Waals surface area contributed by atoms with Gasteiger partial charge in [0, 0.05) is 31.1 Å². The van der Waals surface area contributed by atoms with Crippen LogP contribution in [0.15, 0.2) is 54.1 Å². The molecule has 0 bridgehead atoms. The zero-order chi connectivity index (χ0) is 52.2. The van der Waals surface area contributed by atoms with E-state index in [0.29, 0.717) is 38.0 Å². The quantitative estimate of drug-likeness (QED) is 0.0459. The number of benzene rings is 1. The molecule has 2 aromatic rings. The van der Waals surface area contributed by atoms with Gasteiger partial charge in [-0.3, -0.25) is 0 Å². The Kier molecular flexibility index (Phi) is 50.9. The normalized spacial score (nSPS) is 9.09. The highest BCUT2D eigenvalue weighted by atomic mass is 16.7. The zero-order valence-corrected chi connectivity index (χ0v) is 41.5. The number of ether oxygens (including phenoxy) is 12. The van der Waals surface area contributed by atoms with Gasteiger partial charge in [-0.2, -0.15) is 4.98 Å². The van der Waals surface area contributed by atoms with Crippen molar-refractivity contribution in [1.29, 1.82) is 0 Å². The summed E-state index contributed by atoms with van der Waals surface area (Å²) in [4.78, 5) is 76.7. The van der Waals surface area contributed by atoms with Gasteiger partial charge in [0.2, 0.25) is 11.7 Å². The third-order valence-electron chi connectivity index (χ3n) is 7.21. The fraction of sp³-hybridized carbons (Fsp3) is 0.587. The van der Waals surface area contributed by atoms with Crippen molar-refractivity contribution >= 4 is 42.7 Å². The van der Waals surface area contributed by atoms with E-state index in [0.717, 1.165) is 62.7 Å². The molecule has 0 aliphatic carbocycles. The second-order valence-corrected chi connectivity index (χ2v) is 12.7. The summed E-state index contributed by atoms with van der Waals surface area (Å²) in [6, 6.07) is 8.03. The van der Waals surface area contributed by atoms with Crippen LogP contribution in [0.25, 0.3) is 11.4 Å². The molecule has 0 amide bonds. The third-order valence-corrected chi connectivity index (χ3v) is 7.21. The summed E-state index contributed by atoms with van der Waals surface area (Å²) >= 11 is 0. The van der Waals surface area contributed by atoms with Gasteiger partial charge in [0.25, 0.3) is 0 Å². The fourth-order valence-corrected chi connectivity index (χ4v) is 3.68. The highest BCUT2D eigenvalue weighted by Crippen LogP contribution is 2.15. The van der Waals surface area contributed by atoms with Crippen LogP contribution in [0.2, 0.25) is 0 Å². The van der Waals surface area contributed by atoms with Crippen LogP contribution in [0.5, 0.6) is 0 Å². The van der Waals surface area contributed by atoms with Crippen LogP contribution in [0, 0.1) is 13.8 Å². The molecular weight excluding hydrogens is 900 g/mol. The number of hydrogen-bond donors (Lipinski definition) is 0. The molecule has 1 aromatic heterocycles. The van der Waals surface area contributed by atoms with E-state index in [1.807, 2.05) is 38.1 Å². The lowest BCUT2D eigenvalue weighted by atomic mass is 10.1. The Labute approximate surface area is 400 Å². The Bertz CT molecular complexity index is 1610. The van der Waals surface area contributed by atoms with Gasteiger partial charge in [-0.15, -0.1) is 0 Å². The van der Waals surface area contributed by atoms with Gasteiger partial charge >= 0.3 is 42.7 Å². The molecule has 0 fully saturated rings. The molecule has 1 heterocycles. The molecule has 2 rings (SSSR count). The van der Waals surface area contributed by atoms with Crippen LogP contribution >= 0.6 is 0 Å². The lowest BCUT2D eigenvalue weighted by Crippen LogP contribution is -2.12. The summed E-state index contributed by atoms with van der Waals surface area (Å²) in [5, 5.41) is 3.83. The van der Waals surface area contributed by atoms with E-state index in [2.05, 4.69) is 94.0 Å². The number of aromatic nitrogens is 2. The molecule has 0 radical (unpaired) electrons. The minimum absolute atomic E-state index is 0.0000463. The highest BCUT2D eigenvalue weighted by molar-refractivity contribution is 5.81. The second-order valence-electron chi connectivity index (χ2n) is 12.7. The number of methoxy groups -OCH3 is 5. The van der Waals surface area contributed by atoms with Crippen molar-refractivity contribution in [3.8, 4) is 11.4 Å². The molecule has 22 nitrogen and oxygen atoms in total. The second kappa shape index (κ2) is 51.1. The van der Waals surface area contributed by atoms with E-state index in [1.54, 1.807) is 6.92 Å². The molecule has 0 N–H and O–H groups in total. The van der Waals surface area contributed by atoms with Gasteiger partial charge in [0.15, 0.2) is 0 Å². The van der Waals surface area contributed by atoms with E-state index >= 15 is 0 Å². The predicted octanol–water partition coefficient (Wildman–Crippen LogP) is 9.62. The first-order chi connectivity index (χ1) is 32.6. The summed E-state index contributed by atoms with van der Waals surface area (Å²) in [6.45, 7) is 18.2. The summed E-state index contributed by atoms with van der Waals surface area (Å²) in [7, 11) is 6.34. The molecular formula is C46H74N2O20. The summed E-state index contributed by atoms with van der Waals surface area (Å²) < 4.78 is 58.0. The number of esters is 2. The van der Waals surface area contributed by atoms with Crippen molar-refractivity contribution < 1.29 is 94.9 Å². The first-order valence-electron chi connectivity index (χ1n) is 21.6. The lowest BCUT2D eigenvalue weighted by molar-refractivity contribution is -0.139. The van der Waals surface area contributed by atoms with E-state index < -0.39 is 42.7 Å². The molecule has 388 valence electrons. The van der Waals surface area contributed by atoms with E-state index in [4.69, 9.17) is 4.52 Å². The fourth-order valence-electron chi connectivity index (χ4n) is 3.68. The van der Waals surface area contributed by atoms with E-state index in [-0.39, 0.29) is 26.4 Å². The van der Waals surface area contributed by atoms with E-state index in [1.165, 1.54) is 54.0 Å². The van der Waals surface area contributed by atoms with Crippen molar-refractivity contribution in [1.82, 2.24) is 10.1 Å². The van der Waals surface area contributed by atoms with Crippen LogP contribution in [0.4, 0.5) is 24.0 Å². The Morgan fingerprint density at radius 2 is 0.809 bits per heavy atom. The average Bonchev–Trinajstić information content (AvgIpc) is 3.80. The van der Waals surface area contributed by atoms with Gasteiger partial charge in [-0.25, -0.2) is 33.6 Å². The van der Waals surface area contributed by atoms with Crippen molar-refractivity contribution in [2.75, 3.05) is 81.8 Å². The molecule has 0 unspecified atom stereocenters. The third kappa shape index (κ3) is 50.1. The minimum Gasteiger partial charge on any atom is -0.462 e. The number of carbonyl (C=O) groups excluding carboxylic acids is 7. The van der Waals surface area contributed by atoms with Crippen molar-refractivity contribution in [2.45, 2.75) is 98.8 Å².